The van der Waals surface area contributed by atoms with Crippen LogP contribution in [0.3, 0.4) is 0 Å². The van der Waals surface area contributed by atoms with E-state index in [1.165, 1.54) is 0 Å². The lowest BCUT2D eigenvalue weighted by Gasteiger charge is -1.59. The Morgan fingerprint density at radius 1 is 1.50 bits per heavy atom. The zero-order valence-electron chi connectivity index (χ0n) is 4.11. The van der Waals surface area contributed by atoms with Gasteiger partial charge in [-0.05, 0) is 0 Å². The smallest absolute Gasteiger partial charge is 0.481 e. The summed E-state index contributed by atoms with van der Waals surface area (Å²) in [4.78, 5) is 23.2. The van der Waals surface area contributed by atoms with Crippen LogP contribution in [-0.2, 0) is 9.36 Å². The molecule has 0 aromatic carbocycles. The SMILES string of the molecule is CC(=O)O.O=[P+](O)O. The fourth-order valence-corrected chi connectivity index (χ4v) is 0. The van der Waals surface area contributed by atoms with Crippen LogP contribution in [0.5, 0.6) is 0 Å². The second-order valence-electron chi connectivity index (χ2n) is 0.772. The molecule has 0 amide bonds. The molecule has 5 nitrogen and oxygen atoms in total. The highest BCUT2D eigenvalue weighted by molar-refractivity contribution is 7.30. The molecule has 3 N–H and O–H groups in total. The van der Waals surface area contributed by atoms with Crippen molar-refractivity contribution in [2.75, 3.05) is 0 Å². The molecule has 0 rings (SSSR count). The van der Waals surface area contributed by atoms with Crippen LogP contribution in [0.25, 0.3) is 0 Å². The van der Waals surface area contributed by atoms with E-state index in [0.717, 1.165) is 6.92 Å². The van der Waals surface area contributed by atoms with Crippen LogP contribution in [0.2, 0.25) is 0 Å². The van der Waals surface area contributed by atoms with Gasteiger partial charge in [-0.25, -0.2) is 0 Å². The largest absolute Gasteiger partial charge is 0.692 e. The maximum absolute atomic E-state index is 9.00. The number of hydrogen-bond acceptors (Lipinski definition) is 2. The maximum Gasteiger partial charge on any atom is 0.692 e. The average Bonchev–Trinajstić information content (AvgIpc) is 1.25. The molecule has 0 fully saturated rings. The van der Waals surface area contributed by atoms with Crippen molar-refractivity contribution in [1.82, 2.24) is 0 Å². The Balaban J connectivity index is 0. The third-order valence-corrected chi connectivity index (χ3v) is 0. The van der Waals surface area contributed by atoms with Crippen molar-refractivity contribution in [3.8, 4) is 0 Å². The van der Waals surface area contributed by atoms with Crippen molar-refractivity contribution in [2.45, 2.75) is 6.92 Å². The molecular formula is C2H6O5P+. The molecule has 0 aliphatic carbocycles. The molecule has 8 heavy (non-hydrogen) atoms. The molecule has 0 heterocycles. The normalized spacial score (nSPS) is 6.38. The Morgan fingerprint density at radius 3 is 1.50 bits per heavy atom. The molecule has 0 bridgehead atoms. The van der Waals surface area contributed by atoms with Crippen LogP contribution in [0.4, 0.5) is 0 Å². The van der Waals surface area contributed by atoms with E-state index in [0.29, 0.717) is 0 Å². The topological polar surface area (TPSA) is 94.8 Å². The highest BCUT2D eigenvalue weighted by atomic mass is 31.1. The third-order valence-electron chi connectivity index (χ3n) is 0. The van der Waals surface area contributed by atoms with Crippen LogP contribution in [0.1, 0.15) is 6.92 Å². The quantitative estimate of drug-likeness (QED) is 0.403. The molecule has 0 atom stereocenters. The first kappa shape index (κ1) is 10.5. The summed E-state index contributed by atoms with van der Waals surface area (Å²) in [5, 5.41) is 7.42. The van der Waals surface area contributed by atoms with Gasteiger partial charge in [-0.1, -0.05) is 0 Å². The lowest BCUT2D eigenvalue weighted by Crippen LogP contribution is -1.78. The van der Waals surface area contributed by atoms with Crippen molar-refractivity contribution < 1.29 is 24.3 Å². The second-order valence-corrected chi connectivity index (χ2v) is 1.28. The number of hydrogen-bond donors (Lipinski definition) is 3. The van der Waals surface area contributed by atoms with E-state index in [-0.39, 0.29) is 0 Å². The molecule has 0 saturated heterocycles. The van der Waals surface area contributed by atoms with Crippen LogP contribution >= 0.6 is 8.25 Å². The van der Waals surface area contributed by atoms with E-state index in [9.17, 15) is 0 Å². The fraction of sp³-hybridized carbons (Fsp3) is 0.500. The molecule has 0 aliphatic rings. The predicted molar refractivity (Wildman–Crippen MR) is 25.4 cm³/mol. The molecule has 0 aromatic rings. The van der Waals surface area contributed by atoms with Gasteiger partial charge >= 0.3 is 8.25 Å². The van der Waals surface area contributed by atoms with Crippen molar-refractivity contribution in [2.24, 2.45) is 0 Å². The lowest BCUT2D eigenvalue weighted by atomic mass is 10.9. The summed E-state index contributed by atoms with van der Waals surface area (Å²) in [6.07, 6.45) is 0. The summed E-state index contributed by atoms with van der Waals surface area (Å²) in [7, 11) is -2.87. The predicted octanol–water partition coefficient (Wildman–Crippen LogP) is -0.281. The van der Waals surface area contributed by atoms with E-state index in [1.807, 2.05) is 0 Å². The van der Waals surface area contributed by atoms with Gasteiger partial charge in [0.2, 0.25) is 0 Å². The Bertz CT molecular complexity index is 68.4. The second kappa shape index (κ2) is 6.49. The molecule has 0 aliphatic heterocycles. The van der Waals surface area contributed by atoms with Crippen LogP contribution in [-0.4, -0.2) is 20.9 Å². The van der Waals surface area contributed by atoms with Gasteiger partial charge in [0.15, 0.2) is 0 Å². The first-order chi connectivity index (χ1) is 3.46. The number of carboxylic acids is 1. The Labute approximate surface area is 46.5 Å². The first-order valence-electron chi connectivity index (χ1n) is 1.51. The summed E-state index contributed by atoms with van der Waals surface area (Å²) >= 11 is 0. The van der Waals surface area contributed by atoms with Gasteiger partial charge in [-0.2, -0.15) is 0 Å². The molecule has 48 valence electrons. The van der Waals surface area contributed by atoms with Crippen LogP contribution < -0.4 is 0 Å². The molecule has 0 spiro atoms. The first-order valence-corrected chi connectivity index (χ1v) is 2.68. The third kappa shape index (κ3) is 426. The fourth-order valence-electron chi connectivity index (χ4n) is 0. The molecule has 6 heteroatoms. The summed E-state index contributed by atoms with van der Waals surface area (Å²) in [5.41, 5.74) is 0. The molecule has 0 saturated carbocycles. The zero-order valence-corrected chi connectivity index (χ0v) is 5.00. The summed E-state index contributed by atoms with van der Waals surface area (Å²) in [6.45, 7) is 1.08. The minimum Gasteiger partial charge on any atom is -0.481 e. The monoisotopic (exact) mass is 141 g/mol. The summed E-state index contributed by atoms with van der Waals surface area (Å²) in [5.74, 6) is -0.833. The Kier molecular flexibility index (Phi) is 8.49. The van der Waals surface area contributed by atoms with Gasteiger partial charge in [0.1, 0.15) is 0 Å². The Hall–Kier alpha value is -0.510. The van der Waals surface area contributed by atoms with Gasteiger partial charge in [-0.15, -0.1) is 9.79 Å². The van der Waals surface area contributed by atoms with E-state index in [4.69, 9.17) is 24.3 Å². The van der Waals surface area contributed by atoms with Crippen molar-refractivity contribution in [3.63, 3.8) is 0 Å². The van der Waals surface area contributed by atoms with Gasteiger partial charge in [0.25, 0.3) is 5.97 Å². The van der Waals surface area contributed by atoms with Crippen molar-refractivity contribution in [3.05, 3.63) is 0 Å². The summed E-state index contributed by atoms with van der Waals surface area (Å²) in [6, 6.07) is 0. The van der Waals surface area contributed by atoms with E-state index in [2.05, 4.69) is 0 Å². The standard InChI is InChI=1S/C2H4O2.HO3P/c1-2(3)4;1-4(2)3/h1H3,(H,3,4);(H-,1,2,3)/p+1. The molecule has 0 unspecified atom stereocenters. The van der Waals surface area contributed by atoms with Gasteiger partial charge < -0.3 is 5.11 Å². The van der Waals surface area contributed by atoms with Crippen molar-refractivity contribution in [1.29, 1.82) is 0 Å². The maximum atomic E-state index is 9.00. The van der Waals surface area contributed by atoms with E-state index < -0.39 is 14.2 Å². The van der Waals surface area contributed by atoms with Gasteiger partial charge in [0, 0.05) is 11.5 Å². The zero-order chi connectivity index (χ0) is 7.15. The highest BCUT2D eigenvalue weighted by Gasteiger charge is 1.93. The van der Waals surface area contributed by atoms with Gasteiger partial charge in [-0.3, -0.25) is 4.79 Å². The summed E-state index contributed by atoms with van der Waals surface area (Å²) < 4.78 is 8.70. The minimum absolute atomic E-state index is 0.833. The Morgan fingerprint density at radius 2 is 1.50 bits per heavy atom. The van der Waals surface area contributed by atoms with E-state index >= 15 is 0 Å². The van der Waals surface area contributed by atoms with Crippen molar-refractivity contribution >= 4 is 14.2 Å². The molecular weight excluding hydrogens is 135 g/mol. The highest BCUT2D eigenvalue weighted by Crippen LogP contribution is 1.98. The number of rotatable bonds is 0. The van der Waals surface area contributed by atoms with E-state index in [1.54, 1.807) is 0 Å². The minimum atomic E-state index is -2.87. The molecule has 0 radical (unpaired) electrons. The van der Waals surface area contributed by atoms with Gasteiger partial charge in [0.05, 0.1) is 0 Å². The lowest BCUT2D eigenvalue weighted by molar-refractivity contribution is -0.134. The molecule has 0 aromatic heterocycles. The van der Waals surface area contributed by atoms with Crippen LogP contribution in [0, 0.1) is 0 Å². The number of carboxylic acid groups (broad SMARTS) is 1. The number of carbonyl (C=O) groups is 1. The van der Waals surface area contributed by atoms with Crippen LogP contribution in [0.15, 0.2) is 0 Å². The number of aliphatic carboxylic acids is 1. The average molecular weight is 141 g/mol.